The molecule has 1 aliphatic rings. The number of alkyl halides is 6. The number of rotatable bonds is 0. The molecule has 0 unspecified atom stereocenters. The van der Waals surface area contributed by atoms with Gasteiger partial charge in [-0.25, -0.2) is 0 Å². The van der Waals surface area contributed by atoms with Crippen LogP contribution in [0.4, 0.5) is 0 Å². The molecule has 0 aromatic heterocycles. The maximum atomic E-state index is 5.88. The zero-order valence-corrected chi connectivity index (χ0v) is 11.5. The van der Waals surface area contributed by atoms with Crippen LogP contribution < -0.4 is 0 Å². The minimum atomic E-state index is -0.437. The maximum Gasteiger partial charge on any atom is 0.0693 e. The first kappa shape index (κ1) is 15.3. The summed E-state index contributed by atoms with van der Waals surface area (Å²) in [6.07, 6.45) is 0. The van der Waals surface area contributed by atoms with Crippen LogP contribution in [0.2, 0.25) is 0 Å². The molecule has 0 heterocycles. The van der Waals surface area contributed by atoms with Crippen LogP contribution in [0.25, 0.3) is 0 Å². The monoisotopic (exact) mass is 351 g/mol. The van der Waals surface area contributed by atoms with Crippen molar-refractivity contribution in [3.05, 3.63) is 0 Å². The van der Waals surface area contributed by atoms with Crippen molar-refractivity contribution in [2.45, 2.75) is 32.3 Å². The van der Waals surface area contributed by atoms with E-state index in [1.807, 2.05) is 0 Å². The smallest absolute Gasteiger partial charge is 0.0693 e. The second-order valence-corrected chi connectivity index (χ2v) is 5.69. The van der Waals surface area contributed by atoms with E-state index < -0.39 is 32.3 Å². The van der Waals surface area contributed by atoms with Crippen molar-refractivity contribution in [3.63, 3.8) is 0 Å². The zero-order chi connectivity index (χ0) is 9.46. The van der Waals surface area contributed by atoms with Gasteiger partial charge in [-0.1, -0.05) is 0 Å². The summed E-state index contributed by atoms with van der Waals surface area (Å²) < 4.78 is 0. The first-order valence-electron chi connectivity index (χ1n) is 3.31. The topological polar surface area (TPSA) is 0 Å². The summed E-state index contributed by atoms with van der Waals surface area (Å²) in [6, 6.07) is 0. The van der Waals surface area contributed by atoms with Gasteiger partial charge >= 0.3 is 0 Å². The van der Waals surface area contributed by atoms with Crippen LogP contribution in [0.15, 0.2) is 0 Å². The Labute approximate surface area is 118 Å². The van der Waals surface area contributed by atoms with Crippen molar-refractivity contribution < 1.29 is 17.1 Å². The molecule has 0 aliphatic heterocycles. The standard InChI is InChI=1S/C6H6Cl6.Cu/c7-1-2(8)4(10)6(12)5(11)3(1)9;/h1-6H;/t1-,2-,3-,4+,5+,6+;. The minimum absolute atomic E-state index is 0. The molecule has 1 saturated carbocycles. The second-order valence-electron chi connectivity index (χ2n) is 2.67. The van der Waals surface area contributed by atoms with E-state index in [1.54, 1.807) is 0 Å². The predicted octanol–water partition coefficient (Wildman–Crippen LogP) is 3.64. The maximum absolute atomic E-state index is 5.88. The van der Waals surface area contributed by atoms with Gasteiger partial charge < -0.3 is 0 Å². The molecule has 0 aromatic rings. The van der Waals surface area contributed by atoms with Gasteiger partial charge in [0, 0.05) is 17.1 Å². The fourth-order valence-corrected chi connectivity index (χ4v) is 3.38. The van der Waals surface area contributed by atoms with Crippen molar-refractivity contribution in [2.75, 3.05) is 0 Å². The van der Waals surface area contributed by atoms with Crippen molar-refractivity contribution >= 4 is 69.6 Å². The number of halogens is 6. The predicted molar refractivity (Wildman–Crippen MR) is 57.8 cm³/mol. The summed E-state index contributed by atoms with van der Waals surface area (Å²) in [7, 11) is 0. The van der Waals surface area contributed by atoms with Gasteiger partial charge in [0.05, 0.1) is 32.3 Å². The molecular formula is C6H6Cl6Cu. The van der Waals surface area contributed by atoms with Crippen LogP contribution in [0.1, 0.15) is 0 Å². The van der Waals surface area contributed by atoms with Gasteiger partial charge in [-0.2, -0.15) is 0 Å². The summed E-state index contributed by atoms with van der Waals surface area (Å²) in [6.45, 7) is 0. The van der Waals surface area contributed by atoms with Crippen molar-refractivity contribution in [3.8, 4) is 0 Å². The third kappa shape index (κ3) is 3.11. The molecule has 0 amide bonds. The van der Waals surface area contributed by atoms with Gasteiger partial charge in [-0.3, -0.25) is 0 Å². The Balaban J connectivity index is 0.00000144. The summed E-state index contributed by atoms with van der Waals surface area (Å²) in [5, 5.41) is -2.62. The molecular weight excluding hydrogens is 348 g/mol. The fraction of sp³-hybridized carbons (Fsp3) is 1.00. The van der Waals surface area contributed by atoms with Crippen molar-refractivity contribution in [2.24, 2.45) is 0 Å². The van der Waals surface area contributed by atoms with Crippen LogP contribution in [0.3, 0.4) is 0 Å². The molecule has 0 saturated heterocycles. The first-order chi connectivity index (χ1) is 5.46. The molecule has 0 atom stereocenters. The van der Waals surface area contributed by atoms with E-state index in [1.165, 1.54) is 0 Å². The number of hydrogen-bond donors (Lipinski definition) is 0. The van der Waals surface area contributed by atoms with E-state index >= 15 is 0 Å². The minimum Gasteiger partial charge on any atom is -0.120 e. The summed E-state index contributed by atoms with van der Waals surface area (Å²) >= 11 is 35.3. The van der Waals surface area contributed by atoms with Gasteiger partial charge in [-0.15, -0.1) is 69.6 Å². The summed E-state index contributed by atoms with van der Waals surface area (Å²) in [5.74, 6) is 0. The molecule has 7 heteroatoms. The van der Waals surface area contributed by atoms with E-state index in [0.29, 0.717) is 0 Å². The van der Waals surface area contributed by atoms with Gasteiger partial charge in [0.1, 0.15) is 0 Å². The van der Waals surface area contributed by atoms with Gasteiger partial charge in [0.25, 0.3) is 0 Å². The normalized spacial score (nSPS) is 51.2. The Morgan fingerprint density at radius 2 is 0.462 bits per heavy atom. The number of hydrogen-bond acceptors (Lipinski definition) is 0. The molecule has 0 bridgehead atoms. The van der Waals surface area contributed by atoms with Gasteiger partial charge in [-0.05, 0) is 0 Å². The van der Waals surface area contributed by atoms with Crippen LogP contribution in [-0.2, 0) is 17.1 Å². The van der Waals surface area contributed by atoms with E-state index in [4.69, 9.17) is 69.6 Å². The Bertz CT molecular complexity index is 109. The van der Waals surface area contributed by atoms with Crippen LogP contribution in [0.5, 0.6) is 0 Å². The zero-order valence-electron chi connectivity index (χ0n) is 6.03. The quantitative estimate of drug-likeness (QED) is 0.460. The molecule has 83 valence electrons. The Hall–Kier alpha value is 2.26. The van der Waals surface area contributed by atoms with E-state index in [-0.39, 0.29) is 17.1 Å². The van der Waals surface area contributed by atoms with Crippen LogP contribution >= 0.6 is 69.6 Å². The largest absolute Gasteiger partial charge is 0.120 e. The Morgan fingerprint density at radius 1 is 0.385 bits per heavy atom. The second kappa shape index (κ2) is 6.11. The van der Waals surface area contributed by atoms with E-state index in [2.05, 4.69) is 0 Å². The van der Waals surface area contributed by atoms with Crippen molar-refractivity contribution in [1.29, 1.82) is 0 Å². The molecule has 0 nitrogen and oxygen atoms in total. The molecule has 0 aromatic carbocycles. The Kier molecular flexibility index (Phi) is 7.17. The molecule has 0 spiro atoms. The summed E-state index contributed by atoms with van der Waals surface area (Å²) in [4.78, 5) is 0. The van der Waals surface area contributed by atoms with Crippen LogP contribution in [0, 0.1) is 0 Å². The van der Waals surface area contributed by atoms with Crippen molar-refractivity contribution in [1.82, 2.24) is 0 Å². The average molecular weight is 354 g/mol. The van der Waals surface area contributed by atoms with Crippen LogP contribution in [-0.4, -0.2) is 32.3 Å². The molecule has 1 radical (unpaired) electrons. The first-order valence-corrected chi connectivity index (χ1v) is 5.93. The Morgan fingerprint density at radius 3 is 0.538 bits per heavy atom. The third-order valence-electron chi connectivity index (χ3n) is 1.83. The van der Waals surface area contributed by atoms with E-state index in [0.717, 1.165) is 0 Å². The molecule has 1 rings (SSSR count). The fourth-order valence-electron chi connectivity index (χ4n) is 1.05. The molecule has 0 N–H and O–H groups in total. The third-order valence-corrected chi connectivity index (χ3v) is 5.86. The average Bonchev–Trinajstić information content (AvgIpc) is 2.08. The van der Waals surface area contributed by atoms with Gasteiger partial charge in [0.15, 0.2) is 0 Å². The summed E-state index contributed by atoms with van der Waals surface area (Å²) in [5.41, 5.74) is 0. The molecule has 1 fully saturated rings. The SMILES string of the molecule is Cl[C@H]1[C@H](Cl)[C@@H](Cl)[C@@H](Cl)[C@H](Cl)[C@H]1Cl.[Cu]. The van der Waals surface area contributed by atoms with Gasteiger partial charge in [0.2, 0.25) is 0 Å². The molecule has 13 heavy (non-hydrogen) atoms. The van der Waals surface area contributed by atoms with E-state index in [9.17, 15) is 0 Å². The molecule has 1 aliphatic carbocycles.